The van der Waals surface area contributed by atoms with Crippen LogP contribution in [-0.2, 0) is 18.5 Å². The zero-order valence-corrected chi connectivity index (χ0v) is 14.0. The summed E-state index contributed by atoms with van der Waals surface area (Å²) in [6.07, 6.45) is 0.905. The second-order valence-corrected chi connectivity index (χ2v) is 6.77. The van der Waals surface area contributed by atoms with Crippen LogP contribution in [0.3, 0.4) is 0 Å². The third-order valence-electron chi connectivity index (χ3n) is 3.80. The molecule has 122 valence electrons. The highest BCUT2D eigenvalue weighted by atomic mass is 16.5. The maximum absolute atomic E-state index is 12.7. The van der Waals surface area contributed by atoms with Gasteiger partial charge in [-0.15, -0.1) is 0 Å². The summed E-state index contributed by atoms with van der Waals surface area (Å²) in [5.41, 5.74) is 1.61. The first kappa shape index (κ1) is 15.5. The summed E-state index contributed by atoms with van der Waals surface area (Å²) in [4.78, 5) is 17.2. The van der Waals surface area contributed by atoms with Crippen LogP contribution in [0.2, 0.25) is 0 Å². The molecule has 6 nitrogen and oxygen atoms in total. The van der Waals surface area contributed by atoms with Crippen LogP contribution >= 0.6 is 0 Å². The van der Waals surface area contributed by atoms with Gasteiger partial charge in [-0.25, -0.2) is 4.79 Å². The SMILES string of the molecule is CCCn1c(=O)n(Cc2nc(C(C)(C)C)no2)c2ccccc21. The Morgan fingerprint density at radius 2 is 1.78 bits per heavy atom. The highest BCUT2D eigenvalue weighted by molar-refractivity contribution is 5.76. The molecule has 0 aliphatic rings. The fourth-order valence-electron chi connectivity index (χ4n) is 2.62. The third-order valence-corrected chi connectivity index (χ3v) is 3.80. The van der Waals surface area contributed by atoms with E-state index in [1.54, 1.807) is 9.13 Å². The van der Waals surface area contributed by atoms with Crippen LogP contribution in [-0.4, -0.2) is 19.3 Å². The molecule has 0 spiro atoms. The van der Waals surface area contributed by atoms with E-state index in [1.807, 2.05) is 45.0 Å². The molecule has 0 radical (unpaired) electrons. The van der Waals surface area contributed by atoms with Crippen molar-refractivity contribution >= 4 is 11.0 Å². The van der Waals surface area contributed by atoms with Gasteiger partial charge in [0.2, 0.25) is 5.89 Å². The van der Waals surface area contributed by atoms with Gasteiger partial charge in [0.05, 0.1) is 11.0 Å². The number of fused-ring (bicyclic) bond motifs is 1. The molecule has 3 aromatic rings. The number of imidazole rings is 1. The molecule has 0 saturated carbocycles. The fourth-order valence-corrected chi connectivity index (χ4v) is 2.62. The Morgan fingerprint density at radius 1 is 1.13 bits per heavy atom. The van der Waals surface area contributed by atoms with Crippen LogP contribution in [0.15, 0.2) is 33.6 Å². The lowest BCUT2D eigenvalue weighted by atomic mass is 9.96. The summed E-state index contributed by atoms with van der Waals surface area (Å²) in [6.45, 7) is 9.14. The molecule has 3 rings (SSSR count). The molecule has 0 unspecified atom stereocenters. The van der Waals surface area contributed by atoms with Crippen molar-refractivity contribution in [1.29, 1.82) is 0 Å². The topological polar surface area (TPSA) is 65.8 Å². The Labute approximate surface area is 134 Å². The van der Waals surface area contributed by atoms with E-state index in [1.165, 1.54) is 0 Å². The lowest BCUT2D eigenvalue weighted by Gasteiger charge is -2.10. The van der Waals surface area contributed by atoms with E-state index in [0.717, 1.165) is 17.5 Å². The number of aromatic nitrogens is 4. The second kappa shape index (κ2) is 5.68. The second-order valence-electron chi connectivity index (χ2n) is 6.77. The molecule has 1 aromatic carbocycles. The highest BCUT2D eigenvalue weighted by Crippen LogP contribution is 2.19. The Hall–Kier alpha value is -2.37. The summed E-state index contributed by atoms with van der Waals surface area (Å²) in [5, 5.41) is 4.03. The normalized spacial score (nSPS) is 12.2. The first-order valence-electron chi connectivity index (χ1n) is 7.93. The van der Waals surface area contributed by atoms with Crippen LogP contribution in [0, 0.1) is 0 Å². The quantitative estimate of drug-likeness (QED) is 0.742. The summed E-state index contributed by atoms with van der Waals surface area (Å²) in [5.74, 6) is 1.11. The van der Waals surface area contributed by atoms with Gasteiger partial charge in [0.1, 0.15) is 6.54 Å². The minimum atomic E-state index is -0.178. The van der Waals surface area contributed by atoms with E-state index >= 15 is 0 Å². The Kier molecular flexibility index (Phi) is 3.83. The number of benzene rings is 1. The predicted molar refractivity (Wildman–Crippen MR) is 88.6 cm³/mol. The van der Waals surface area contributed by atoms with Crippen LogP contribution in [0.5, 0.6) is 0 Å². The Balaban J connectivity index is 2.05. The van der Waals surface area contributed by atoms with Gasteiger partial charge >= 0.3 is 5.69 Å². The van der Waals surface area contributed by atoms with Gasteiger partial charge < -0.3 is 4.52 Å². The smallest absolute Gasteiger partial charge is 0.329 e. The van der Waals surface area contributed by atoms with Gasteiger partial charge in [0.25, 0.3) is 0 Å². The van der Waals surface area contributed by atoms with E-state index in [-0.39, 0.29) is 11.1 Å². The maximum Gasteiger partial charge on any atom is 0.329 e. The lowest BCUT2D eigenvalue weighted by molar-refractivity contribution is 0.356. The Bertz CT molecular complexity index is 880. The summed E-state index contributed by atoms with van der Waals surface area (Å²) in [6, 6.07) is 7.80. The average molecular weight is 314 g/mol. The maximum atomic E-state index is 12.7. The third kappa shape index (κ3) is 2.81. The molecule has 0 atom stereocenters. The van der Waals surface area contributed by atoms with E-state index in [4.69, 9.17) is 4.52 Å². The molecule has 0 saturated heterocycles. The zero-order chi connectivity index (χ0) is 16.6. The van der Waals surface area contributed by atoms with Crippen molar-refractivity contribution in [2.75, 3.05) is 0 Å². The number of hydrogen-bond acceptors (Lipinski definition) is 4. The van der Waals surface area contributed by atoms with Gasteiger partial charge in [0, 0.05) is 12.0 Å². The van der Waals surface area contributed by atoms with Gasteiger partial charge in [0.15, 0.2) is 5.82 Å². The molecule has 0 aliphatic heterocycles. The monoisotopic (exact) mass is 314 g/mol. The zero-order valence-electron chi connectivity index (χ0n) is 14.0. The first-order chi connectivity index (χ1) is 10.9. The van der Waals surface area contributed by atoms with Crippen molar-refractivity contribution in [3.05, 3.63) is 46.5 Å². The standard InChI is InChI=1S/C17H22N4O2/c1-5-10-20-12-8-6-7-9-13(12)21(16(20)22)11-14-18-15(19-23-14)17(2,3)4/h6-9H,5,10-11H2,1-4H3. The summed E-state index contributed by atoms with van der Waals surface area (Å²) >= 11 is 0. The number of hydrogen-bond donors (Lipinski definition) is 0. The van der Waals surface area contributed by atoms with Crippen molar-refractivity contribution in [2.45, 2.75) is 52.6 Å². The van der Waals surface area contributed by atoms with Crippen molar-refractivity contribution in [3.63, 3.8) is 0 Å². The van der Waals surface area contributed by atoms with E-state index in [0.29, 0.717) is 24.8 Å². The van der Waals surface area contributed by atoms with Gasteiger partial charge in [-0.3, -0.25) is 9.13 Å². The van der Waals surface area contributed by atoms with Crippen molar-refractivity contribution in [1.82, 2.24) is 19.3 Å². The molecule has 2 aromatic heterocycles. The molecule has 2 heterocycles. The molecule has 0 fully saturated rings. The molecule has 0 N–H and O–H groups in total. The van der Waals surface area contributed by atoms with E-state index in [9.17, 15) is 4.79 Å². The van der Waals surface area contributed by atoms with Crippen LogP contribution in [0.1, 0.15) is 45.8 Å². The summed E-state index contributed by atoms with van der Waals surface area (Å²) in [7, 11) is 0. The number of rotatable bonds is 4. The predicted octanol–water partition coefficient (Wildman–Crippen LogP) is 2.94. The molecule has 0 aliphatic carbocycles. The van der Waals surface area contributed by atoms with Crippen LogP contribution in [0.25, 0.3) is 11.0 Å². The fraction of sp³-hybridized carbons (Fsp3) is 0.471. The lowest BCUT2D eigenvalue weighted by Crippen LogP contribution is -2.25. The van der Waals surface area contributed by atoms with Crippen molar-refractivity contribution < 1.29 is 4.52 Å². The highest BCUT2D eigenvalue weighted by Gasteiger charge is 2.22. The molecule has 0 amide bonds. The van der Waals surface area contributed by atoms with Gasteiger partial charge in [-0.2, -0.15) is 4.98 Å². The molecule has 6 heteroatoms. The number of aryl methyl sites for hydroxylation is 1. The summed E-state index contributed by atoms with van der Waals surface area (Å²) < 4.78 is 8.84. The first-order valence-corrected chi connectivity index (χ1v) is 7.93. The van der Waals surface area contributed by atoms with E-state index in [2.05, 4.69) is 17.1 Å². The number of nitrogens with zero attached hydrogens (tertiary/aromatic N) is 4. The van der Waals surface area contributed by atoms with Gasteiger partial charge in [-0.05, 0) is 18.6 Å². The molecule has 0 bridgehead atoms. The molecule has 23 heavy (non-hydrogen) atoms. The van der Waals surface area contributed by atoms with Gasteiger partial charge in [-0.1, -0.05) is 45.0 Å². The Morgan fingerprint density at radius 3 is 2.35 bits per heavy atom. The minimum absolute atomic E-state index is 0.0384. The van der Waals surface area contributed by atoms with E-state index < -0.39 is 0 Å². The largest absolute Gasteiger partial charge is 0.337 e. The van der Waals surface area contributed by atoms with Crippen molar-refractivity contribution in [2.24, 2.45) is 0 Å². The van der Waals surface area contributed by atoms with Crippen LogP contribution < -0.4 is 5.69 Å². The van der Waals surface area contributed by atoms with Crippen LogP contribution in [0.4, 0.5) is 0 Å². The minimum Gasteiger partial charge on any atom is -0.337 e. The van der Waals surface area contributed by atoms with Crippen molar-refractivity contribution in [3.8, 4) is 0 Å². The molecular formula is C17H22N4O2. The number of para-hydroxylation sites is 2. The molecular weight excluding hydrogens is 292 g/mol. The average Bonchev–Trinajstić information content (AvgIpc) is 3.07.